The zero-order chi connectivity index (χ0) is 30.6. The molecule has 1 aliphatic rings. The second-order valence-electron chi connectivity index (χ2n) is 10.4. The van der Waals surface area contributed by atoms with E-state index in [1.54, 1.807) is 35.2 Å². The Balaban J connectivity index is 1.31. The SMILES string of the molecule is COc1cc2sc(C(=O)C[C@H](C)C(=O)O)cc2cc1OCCCOc1cc2c(cc1O)CN(C(=O)C[C@H](C)C(=O)O)C2. The van der Waals surface area contributed by atoms with Crippen LogP contribution in [0.3, 0.4) is 0 Å². The maximum absolute atomic E-state index is 12.5. The van der Waals surface area contributed by atoms with Gasteiger partial charge >= 0.3 is 11.9 Å². The van der Waals surface area contributed by atoms with Crippen LogP contribution >= 0.6 is 11.3 Å². The summed E-state index contributed by atoms with van der Waals surface area (Å²) >= 11 is 1.27. The second-order valence-corrected chi connectivity index (χ2v) is 11.4. The fourth-order valence-corrected chi connectivity index (χ4v) is 5.55. The van der Waals surface area contributed by atoms with E-state index in [-0.39, 0.29) is 49.2 Å². The first-order valence-electron chi connectivity index (χ1n) is 13.4. The van der Waals surface area contributed by atoms with Crippen molar-refractivity contribution in [1.29, 1.82) is 0 Å². The predicted octanol–water partition coefficient (Wildman–Crippen LogP) is 4.71. The van der Waals surface area contributed by atoms with Gasteiger partial charge in [-0.05, 0) is 40.8 Å². The monoisotopic (exact) mass is 599 g/mol. The molecular formula is C30H33NO10S. The molecule has 0 fully saturated rings. The Bertz CT molecular complexity index is 1510. The quantitative estimate of drug-likeness (QED) is 0.175. The van der Waals surface area contributed by atoms with Crippen molar-refractivity contribution in [2.75, 3.05) is 20.3 Å². The van der Waals surface area contributed by atoms with E-state index in [2.05, 4.69) is 0 Å². The summed E-state index contributed by atoms with van der Waals surface area (Å²) in [5.74, 6) is -2.84. The van der Waals surface area contributed by atoms with E-state index in [4.69, 9.17) is 24.4 Å². The Morgan fingerprint density at radius 1 is 0.857 bits per heavy atom. The summed E-state index contributed by atoms with van der Waals surface area (Å²) in [6.07, 6.45) is 0.314. The molecule has 2 heterocycles. The normalized spacial score (nSPS) is 13.8. The molecule has 1 amide bonds. The Morgan fingerprint density at radius 3 is 2.12 bits per heavy atom. The minimum atomic E-state index is -1.02. The van der Waals surface area contributed by atoms with E-state index in [9.17, 15) is 24.3 Å². The van der Waals surface area contributed by atoms with Crippen molar-refractivity contribution in [2.45, 2.75) is 46.2 Å². The van der Waals surface area contributed by atoms with Crippen LogP contribution in [0.4, 0.5) is 0 Å². The summed E-state index contributed by atoms with van der Waals surface area (Å²) in [7, 11) is 1.52. The van der Waals surface area contributed by atoms with Gasteiger partial charge in [-0.1, -0.05) is 13.8 Å². The first-order chi connectivity index (χ1) is 20.0. The first-order valence-corrected chi connectivity index (χ1v) is 14.3. The molecule has 3 N–H and O–H groups in total. The number of rotatable bonds is 14. The van der Waals surface area contributed by atoms with E-state index in [0.29, 0.717) is 35.9 Å². The van der Waals surface area contributed by atoms with Crippen LogP contribution in [-0.4, -0.2) is 64.2 Å². The third-order valence-electron chi connectivity index (χ3n) is 7.05. The first kappa shape index (κ1) is 30.6. The fraction of sp³-hybridized carbons (Fsp3) is 0.400. The Kier molecular flexibility index (Phi) is 9.56. The molecular weight excluding hydrogens is 566 g/mol. The number of carboxylic acids is 2. The fourth-order valence-electron chi connectivity index (χ4n) is 4.53. The molecule has 0 spiro atoms. The van der Waals surface area contributed by atoms with Gasteiger partial charge < -0.3 is 34.4 Å². The molecule has 0 saturated heterocycles. The van der Waals surface area contributed by atoms with Crippen LogP contribution < -0.4 is 14.2 Å². The van der Waals surface area contributed by atoms with Crippen LogP contribution in [-0.2, 0) is 27.5 Å². The number of fused-ring (bicyclic) bond motifs is 2. The van der Waals surface area contributed by atoms with Crippen molar-refractivity contribution >= 4 is 45.1 Å². The van der Waals surface area contributed by atoms with Gasteiger partial charge in [-0.25, -0.2) is 0 Å². The van der Waals surface area contributed by atoms with E-state index in [1.807, 2.05) is 0 Å². The Hall–Kier alpha value is -4.32. The molecule has 42 heavy (non-hydrogen) atoms. The molecule has 11 nitrogen and oxygen atoms in total. The van der Waals surface area contributed by atoms with Crippen LogP contribution in [0.2, 0.25) is 0 Å². The Morgan fingerprint density at radius 2 is 1.48 bits per heavy atom. The number of phenolic OH excluding ortho intramolecular Hbond substituents is 1. The lowest BCUT2D eigenvalue weighted by atomic mass is 10.0. The number of ketones is 1. The number of hydrogen-bond acceptors (Lipinski definition) is 9. The summed E-state index contributed by atoms with van der Waals surface area (Å²) in [5, 5.41) is 29.4. The topological polar surface area (TPSA) is 160 Å². The highest BCUT2D eigenvalue weighted by atomic mass is 32.1. The molecule has 0 saturated carbocycles. The highest BCUT2D eigenvalue weighted by Gasteiger charge is 2.27. The summed E-state index contributed by atoms with van der Waals surface area (Å²) in [4.78, 5) is 49.2. The lowest BCUT2D eigenvalue weighted by Crippen LogP contribution is -2.28. The smallest absolute Gasteiger partial charge is 0.306 e. The number of Topliss-reactive ketones (excluding diaryl/α,β-unsaturated/α-hetero) is 1. The maximum Gasteiger partial charge on any atom is 0.306 e. The molecule has 224 valence electrons. The lowest BCUT2D eigenvalue weighted by molar-refractivity contribution is -0.145. The van der Waals surface area contributed by atoms with Gasteiger partial charge in [0.1, 0.15) is 0 Å². The largest absolute Gasteiger partial charge is 0.504 e. The van der Waals surface area contributed by atoms with Gasteiger partial charge in [0.2, 0.25) is 5.91 Å². The average Bonchev–Trinajstić information content (AvgIpc) is 3.55. The number of hydrogen-bond donors (Lipinski definition) is 3. The number of nitrogens with zero attached hydrogens (tertiary/aromatic N) is 1. The summed E-state index contributed by atoms with van der Waals surface area (Å²) < 4.78 is 18.0. The molecule has 2 aromatic carbocycles. The van der Waals surface area contributed by atoms with Crippen molar-refractivity contribution in [2.24, 2.45) is 11.8 Å². The van der Waals surface area contributed by atoms with Crippen LogP contribution in [0.1, 0.15) is 53.9 Å². The number of carbonyl (C=O) groups excluding carboxylic acids is 2. The highest BCUT2D eigenvalue weighted by molar-refractivity contribution is 7.20. The number of aliphatic carboxylic acids is 2. The van der Waals surface area contributed by atoms with E-state index in [0.717, 1.165) is 21.2 Å². The number of benzene rings is 2. The van der Waals surface area contributed by atoms with Gasteiger partial charge in [-0.15, -0.1) is 11.3 Å². The second kappa shape index (κ2) is 13.1. The molecule has 0 aliphatic carbocycles. The molecule has 0 radical (unpaired) electrons. The highest BCUT2D eigenvalue weighted by Crippen LogP contribution is 2.38. The molecule has 0 bridgehead atoms. The van der Waals surface area contributed by atoms with Crippen molar-refractivity contribution in [1.82, 2.24) is 4.90 Å². The summed E-state index contributed by atoms with van der Waals surface area (Å²) in [6.45, 7) is 4.14. The number of ether oxygens (including phenoxy) is 3. The third kappa shape index (κ3) is 7.11. The Labute approximate surface area is 246 Å². The van der Waals surface area contributed by atoms with Crippen LogP contribution in [0.15, 0.2) is 30.3 Å². The zero-order valence-corrected chi connectivity index (χ0v) is 24.4. The van der Waals surface area contributed by atoms with Gasteiger partial charge in [-0.2, -0.15) is 0 Å². The van der Waals surface area contributed by atoms with Crippen molar-refractivity contribution in [3.05, 3.63) is 46.3 Å². The molecule has 1 aliphatic heterocycles. The number of phenols is 1. The average molecular weight is 600 g/mol. The minimum absolute atomic E-state index is 0.0458. The molecule has 1 aromatic heterocycles. The molecule has 0 unspecified atom stereocenters. The lowest BCUT2D eigenvalue weighted by Gasteiger charge is -2.16. The number of amides is 1. The minimum Gasteiger partial charge on any atom is -0.504 e. The predicted molar refractivity (Wildman–Crippen MR) is 154 cm³/mol. The number of methoxy groups -OCH3 is 1. The summed E-state index contributed by atoms with van der Waals surface area (Å²) in [6, 6.07) is 8.55. The molecule has 12 heteroatoms. The van der Waals surface area contributed by atoms with Gasteiger partial charge in [-0.3, -0.25) is 19.2 Å². The van der Waals surface area contributed by atoms with Crippen molar-refractivity contribution < 1.29 is 48.7 Å². The van der Waals surface area contributed by atoms with E-state index < -0.39 is 23.8 Å². The van der Waals surface area contributed by atoms with E-state index >= 15 is 0 Å². The van der Waals surface area contributed by atoms with Crippen LogP contribution in [0.25, 0.3) is 10.1 Å². The standard InChI is InChI=1S/C30H33NO10S/c1-16(29(35)36)7-22(33)27-12-18-10-25(24(39-3)13-26(18)42-27)41-6-4-5-40-23-11-20-15-31(14-19(20)9-21(23)32)28(34)8-17(2)30(37)38/h9-13,16-17,32H,4-8,14-15H2,1-3H3,(H,35,36)(H,37,38)/t16-,17-/m0/s1. The number of carboxylic acid groups (broad SMARTS) is 2. The number of aromatic hydroxyl groups is 1. The molecule has 4 rings (SSSR count). The zero-order valence-electron chi connectivity index (χ0n) is 23.5. The van der Waals surface area contributed by atoms with Gasteiger partial charge in [0.05, 0.1) is 37.0 Å². The molecule has 3 aromatic rings. The van der Waals surface area contributed by atoms with Gasteiger partial charge in [0, 0.05) is 43.1 Å². The van der Waals surface area contributed by atoms with Crippen LogP contribution in [0, 0.1) is 11.8 Å². The third-order valence-corrected chi connectivity index (χ3v) is 8.19. The van der Waals surface area contributed by atoms with Gasteiger partial charge in [0.15, 0.2) is 28.8 Å². The van der Waals surface area contributed by atoms with E-state index in [1.165, 1.54) is 32.3 Å². The van der Waals surface area contributed by atoms with Gasteiger partial charge in [0.25, 0.3) is 0 Å². The summed E-state index contributed by atoms with van der Waals surface area (Å²) in [5.41, 5.74) is 1.62. The number of carbonyl (C=O) groups is 4. The number of thiophene rings is 1. The molecule has 2 atom stereocenters. The van der Waals surface area contributed by atoms with Crippen molar-refractivity contribution in [3.8, 4) is 23.0 Å². The maximum atomic E-state index is 12.5. The van der Waals surface area contributed by atoms with Crippen LogP contribution in [0.5, 0.6) is 23.0 Å². The van der Waals surface area contributed by atoms with Crippen molar-refractivity contribution in [3.63, 3.8) is 0 Å².